The summed E-state index contributed by atoms with van der Waals surface area (Å²) in [5.74, 6) is -2.18. The topological polar surface area (TPSA) is 143 Å². The van der Waals surface area contributed by atoms with Crippen LogP contribution in [0.25, 0.3) is 21.1 Å². The lowest BCUT2D eigenvalue weighted by Gasteiger charge is -2.24. The third kappa shape index (κ3) is 5.78. The van der Waals surface area contributed by atoms with Gasteiger partial charge in [0.15, 0.2) is 5.75 Å². The molecule has 1 N–H and O–H groups in total. The van der Waals surface area contributed by atoms with Crippen LogP contribution in [0.2, 0.25) is 0 Å². The van der Waals surface area contributed by atoms with Crippen LogP contribution in [0.5, 0.6) is 5.75 Å². The van der Waals surface area contributed by atoms with Crippen molar-refractivity contribution in [3.63, 3.8) is 0 Å². The van der Waals surface area contributed by atoms with Crippen molar-refractivity contribution in [3.05, 3.63) is 53.1 Å². The van der Waals surface area contributed by atoms with Crippen molar-refractivity contribution in [3.8, 4) is 33.0 Å². The van der Waals surface area contributed by atoms with E-state index in [1.807, 2.05) is 38.1 Å². The maximum Gasteiger partial charge on any atom is 0.320 e. The standard InChI is InChI=1S/C25H24N4O5S2/c1-15(2)34-22-10-9-16(11-18(22)12-26)24-28-29-25(35-24)21-8-4-6-19-17(5-3-7-20(19)21)13-27-36(32,33)14-23(30)31/h4,6,8-11,13,15,17H,3,5,7,14H2,1-2H3,(H,30,31)/b27-13+. The highest BCUT2D eigenvalue weighted by Gasteiger charge is 2.24. The zero-order valence-corrected chi connectivity index (χ0v) is 21.3. The molecule has 4 rings (SSSR count). The number of aliphatic carboxylic acids is 1. The molecule has 0 spiro atoms. The Labute approximate surface area is 213 Å². The Kier molecular flexibility index (Phi) is 7.47. The fraction of sp³-hybridized carbons (Fsp3) is 0.320. The monoisotopic (exact) mass is 524 g/mol. The average Bonchev–Trinajstić information content (AvgIpc) is 3.31. The number of rotatable bonds is 8. The number of aromatic nitrogens is 2. The average molecular weight is 525 g/mol. The van der Waals surface area contributed by atoms with E-state index in [4.69, 9.17) is 9.84 Å². The first-order valence-electron chi connectivity index (χ1n) is 11.3. The minimum absolute atomic E-state index is 0.0495. The number of ether oxygens (including phenoxy) is 1. The van der Waals surface area contributed by atoms with Gasteiger partial charge in [-0.05, 0) is 62.4 Å². The zero-order chi connectivity index (χ0) is 25.9. The summed E-state index contributed by atoms with van der Waals surface area (Å²) in [5, 5.41) is 28.5. The maximum absolute atomic E-state index is 11.9. The molecule has 11 heteroatoms. The van der Waals surface area contributed by atoms with Gasteiger partial charge in [0, 0.05) is 23.3 Å². The molecule has 2 aromatic carbocycles. The SMILES string of the molecule is CC(C)Oc1ccc(-c2nnc(-c3cccc4c3CCCC4/C=N/S(=O)(=O)CC(=O)O)s2)cc1C#N. The molecule has 186 valence electrons. The van der Waals surface area contributed by atoms with Gasteiger partial charge < -0.3 is 9.84 Å². The minimum Gasteiger partial charge on any atom is -0.490 e. The van der Waals surface area contributed by atoms with Crippen LogP contribution in [-0.2, 0) is 21.2 Å². The molecule has 1 aliphatic carbocycles. The first-order chi connectivity index (χ1) is 17.2. The number of sulfonamides is 1. The zero-order valence-electron chi connectivity index (χ0n) is 19.7. The molecule has 1 aromatic heterocycles. The third-order valence-corrected chi connectivity index (χ3v) is 7.69. The summed E-state index contributed by atoms with van der Waals surface area (Å²) in [4.78, 5) is 10.8. The Morgan fingerprint density at radius 2 is 2.08 bits per heavy atom. The van der Waals surface area contributed by atoms with E-state index in [-0.39, 0.29) is 12.0 Å². The van der Waals surface area contributed by atoms with Crippen molar-refractivity contribution in [2.45, 2.75) is 45.1 Å². The van der Waals surface area contributed by atoms with Crippen LogP contribution in [0.1, 0.15) is 49.3 Å². The summed E-state index contributed by atoms with van der Waals surface area (Å²) in [6.45, 7) is 3.80. The molecule has 0 saturated carbocycles. The van der Waals surface area contributed by atoms with E-state index >= 15 is 0 Å². The van der Waals surface area contributed by atoms with E-state index in [0.717, 1.165) is 40.1 Å². The molecule has 0 aliphatic heterocycles. The molecule has 1 heterocycles. The number of carbonyl (C=O) groups is 1. The van der Waals surface area contributed by atoms with Gasteiger partial charge in [0.1, 0.15) is 21.8 Å². The van der Waals surface area contributed by atoms with E-state index in [2.05, 4.69) is 20.7 Å². The number of fused-ring (bicyclic) bond motifs is 1. The lowest BCUT2D eigenvalue weighted by atomic mass is 9.81. The number of carboxylic acid groups (broad SMARTS) is 1. The molecule has 3 aromatic rings. The Morgan fingerprint density at radius 3 is 2.81 bits per heavy atom. The van der Waals surface area contributed by atoms with Crippen LogP contribution in [0.15, 0.2) is 40.8 Å². The first kappa shape index (κ1) is 25.5. The molecule has 36 heavy (non-hydrogen) atoms. The molecule has 0 bridgehead atoms. The van der Waals surface area contributed by atoms with E-state index < -0.39 is 21.7 Å². The van der Waals surface area contributed by atoms with Crippen LogP contribution in [0.4, 0.5) is 0 Å². The van der Waals surface area contributed by atoms with Crippen molar-refractivity contribution in [1.29, 1.82) is 5.26 Å². The van der Waals surface area contributed by atoms with Gasteiger partial charge in [-0.2, -0.15) is 9.66 Å². The van der Waals surface area contributed by atoms with Crippen molar-refractivity contribution in [1.82, 2.24) is 10.2 Å². The van der Waals surface area contributed by atoms with Crippen molar-refractivity contribution in [2.24, 2.45) is 4.40 Å². The van der Waals surface area contributed by atoms with Gasteiger partial charge in [0.2, 0.25) is 0 Å². The van der Waals surface area contributed by atoms with E-state index in [1.165, 1.54) is 17.6 Å². The van der Waals surface area contributed by atoms with Gasteiger partial charge in [-0.3, -0.25) is 4.79 Å². The predicted octanol–water partition coefficient (Wildman–Crippen LogP) is 4.44. The predicted molar refractivity (Wildman–Crippen MR) is 137 cm³/mol. The fourth-order valence-electron chi connectivity index (χ4n) is 4.16. The summed E-state index contributed by atoms with van der Waals surface area (Å²) >= 11 is 1.41. The van der Waals surface area contributed by atoms with Crippen LogP contribution in [-0.4, -0.2) is 47.8 Å². The van der Waals surface area contributed by atoms with Gasteiger partial charge in [-0.25, -0.2) is 8.42 Å². The summed E-state index contributed by atoms with van der Waals surface area (Å²) in [7, 11) is -4.07. The second-order valence-electron chi connectivity index (χ2n) is 8.65. The van der Waals surface area contributed by atoms with E-state index in [9.17, 15) is 18.5 Å². The van der Waals surface area contributed by atoms with E-state index in [0.29, 0.717) is 22.7 Å². The number of benzene rings is 2. The molecule has 1 aliphatic rings. The smallest absolute Gasteiger partial charge is 0.320 e. The highest BCUT2D eigenvalue weighted by atomic mass is 32.2. The molecule has 1 unspecified atom stereocenters. The molecule has 0 saturated heterocycles. The quantitative estimate of drug-likeness (QED) is 0.426. The molecule has 0 fully saturated rings. The Morgan fingerprint density at radius 1 is 1.31 bits per heavy atom. The fourth-order valence-corrected chi connectivity index (χ4v) is 5.77. The van der Waals surface area contributed by atoms with Gasteiger partial charge >= 0.3 is 5.97 Å². The second kappa shape index (κ2) is 10.6. The van der Waals surface area contributed by atoms with Crippen LogP contribution < -0.4 is 4.74 Å². The van der Waals surface area contributed by atoms with Gasteiger partial charge in [0.05, 0.1) is 11.7 Å². The molecular formula is C25H24N4O5S2. The first-order valence-corrected chi connectivity index (χ1v) is 13.8. The summed E-state index contributed by atoms with van der Waals surface area (Å²) in [5.41, 5.74) is 4.12. The lowest BCUT2D eigenvalue weighted by molar-refractivity contribution is -0.134. The van der Waals surface area contributed by atoms with Crippen molar-refractivity contribution >= 4 is 33.5 Å². The number of carboxylic acids is 1. The van der Waals surface area contributed by atoms with Crippen LogP contribution in [0.3, 0.4) is 0 Å². The third-order valence-electron chi connectivity index (χ3n) is 5.63. The van der Waals surface area contributed by atoms with E-state index in [1.54, 1.807) is 12.1 Å². The normalized spacial score (nSPS) is 15.6. The van der Waals surface area contributed by atoms with Crippen molar-refractivity contribution < 1.29 is 23.1 Å². The molecule has 0 radical (unpaired) electrons. The Hall–Kier alpha value is -3.62. The summed E-state index contributed by atoms with van der Waals surface area (Å²) < 4.78 is 33.1. The Balaban J connectivity index is 1.64. The number of nitriles is 1. The van der Waals surface area contributed by atoms with Gasteiger partial charge in [-0.1, -0.05) is 29.5 Å². The lowest BCUT2D eigenvalue weighted by Crippen LogP contribution is -2.16. The second-order valence-corrected chi connectivity index (χ2v) is 11.3. The highest BCUT2D eigenvalue weighted by Crippen LogP contribution is 2.39. The van der Waals surface area contributed by atoms with Crippen LogP contribution in [0, 0.1) is 11.3 Å². The highest BCUT2D eigenvalue weighted by molar-refractivity contribution is 7.90. The Bertz CT molecular complexity index is 1470. The largest absolute Gasteiger partial charge is 0.490 e. The maximum atomic E-state index is 11.9. The van der Waals surface area contributed by atoms with Gasteiger partial charge in [0.25, 0.3) is 10.0 Å². The van der Waals surface area contributed by atoms with Crippen LogP contribution >= 0.6 is 11.3 Å². The molecule has 0 amide bonds. The van der Waals surface area contributed by atoms with Crippen molar-refractivity contribution in [2.75, 3.05) is 5.75 Å². The molecule has 9 nitrogen and oxygen atoms in total. The van der Waals surface area contributed by atoms with Gasteiger partial charge in [-0.15, -0.1) is 10.2 Å². The summed E-state index contributed by atoms with van der Waals surface area (Å²) in [6, 6.07) is 13.3. The number of hydrogen-bond donors (Lipinski definition) is 1. The summed E-state index contributed by atoms with van der Waals surface area (Å²) in [6.07, 6.45) is 3.63. The number of hydrogen-bond acceptors (Lipinski definition) is 8. The minimum atomic E-state index is -4.07. The number of nitrogens with zero attached hydrogens (tertiary/aromatic N) is 4. The molecular weight excluding hydrogens is 500 g/mol. The molecule has 1 atom stereocenters.